The molecule has 0 aliphatic carbocycles. The number of hydrogen-bond donors (Lipinski definition) is 0. The maximum absolute atomic E-state index is 12.5. The van der Waals surface area contributed by atoms with E-state index < -0.39 is 22.9 Å². The minimum absolute atomic E-state index is 0.0129. The summed E-state index contributed by atoms with van der Waals surface area (Å²) in [4.78, 5) is 48.6. The van der Waals surface area contributed by atoms with Crippen molar-refractivity contribution in [2.75, 3.05) is 40.4 Å². The van der Waals surface area contributed by atoms with Crippen LogP contribution in [0.2, 0.25) is 0 Å². The second kappa shape index (κ2) is 7.60. The third-order valence-electron chi connectivity index (χ3n) is 3.69. The third kappa shape index (κ3) is 4.22. The molecule has 0 spiro atoms. The number of nitrogens with zero attached hydrogens (tertiary/aromatic N) is 3. The molecule has 1 fully saturated rings. The summed E-state index contributed by atoms with van der Waals surface area (Å²) < 4.78 is 9.35. The maximum Gasteiger partial charge on any atom is 0.409 e. The molecule has 0 saturated carbocycles. The van der Waals surface area contributed by atoms with Gasteiger partial charge in [-0.05, 0) is 6.07 Å². The maximum atomic E-state index is 12.5. The summed E-state index contributed by atoms with van der Waals surface area (Å²) in [6, 6.07) is 3.38. The van der Waals surface area contributed by atoms with Crippen molar-refractivity contribution >= 4 is 23.7 Å². The molecule has 10 nitrogen and oxygen atoms in total. The molecule has 0 bridgehead atoms. The van der Waals surface area contributed by atoms with Gasteiger partial charge in [0, 0.05) is 37.8 Å². The van der Waals surface area contributed by atoms with E-state index in [2.05, 4.69) is 4.74 Å². The highest BCUT2D eigenvalue weighted by molar-refractivity contribution is 5.98. The quantitative estimate of drug-likeness (QED) is 0.424. The van der Waals surface area contributed by atoms with Crippen LogP contribution in [-0.2, 0) is 9.47 Å². The molecule has 1 aromatic rings. The second-order valence-electron chi connectivity index (χ2n) is 5.35. The van der Waals surface area contributed by atoms with Crippen molar-refractivity contribution in [2.45, 2.75) is 0 Å². The highest BCUT2D eigenvalue weighted by Crippen LogP contribution is 2.19. The molecule has 2 rings (SSSR count). The van der Waals surface area contributed by atoms with E-state index >= 15 is 0 Å². The summed E-state index contributed by atoms with van der Waals surface area (Å²) in [5, 5.41) is 11.0. The Hall–Kier alpha value is -3.17. The Morgan fingerprint density at radius 1 is 1.36 bits per heavy atom. The van der Waals surface area contributed by atoms with Crippen molar-refractivity contribution in [1.29, 1.82) is 0 Å². The second-order valence-corrected chi connectivity index (χ2v) is 5.35. The Bertz CT molecular complexity index is 719. The molecule has 0 atom stereocenters. The van der Waals surface area contributed by atoms with E-state index in [4.69, 9.17) is 4.74 Å². The summed E-state index contributed by atoms with van der Waals surface area (Å²) in [6.45, 7) is 1.25. The van der Waals surface area contributed by atoms with Gasteiger partial charge in [-0.1, -0.05) is 0 Å². The number of methoxy groups -OCH3 is 1. The van der Waals surface area contributed by atoms with Crippen molar-refractivity contribution in [3.8, 4) is 0 Å². The Morgan fingerprint density at radius 3 is 2.60 bits per heavy atom. The zero-order chi connectivity index (χ0) is 18.6. The van der Waals surface area contributed by atoms with Gasteiger partial charge >= 0.3 is 12.1 Å². The number of benzene rings is 1. The number of cyclic esters (lactones) is 1. The van der Waals surface area contributed by atoms with Crippen LogP contribution in [0.1, 0.15) is 20.7 Å². The lowest BCUT2D eigenvalue weighted by Gasteiger charge is -2.20. The molecular formula is C15H17N3O7. The zero-order valence-corrected chi connectivity index (χ0v) is 13.8. The van der Waals surface area contributed by atoms with E-state index in [1.165, 1.54) is 22.9 Å². The Kier molecular flexibility index (Phi) is 5.52. The number of carbonyl (C=O) groups is 3. The standard InChI is InChI=1S/C15H17N3O7/c1-16(3-4-17-5-6-25-15(17)21)13(19)10-7-11(14(20)24-2)9-12(8-10)18(22)23/h7-9H,3-6H2,1-2H3. The van der Waals surface area contributed by atoms with Gasteiger partial charge in [0.2, 0.25) is 0 Å². The normalized spacial score (nSPS) is 13.4. The predicted molar refractivity (Wildman–Crippen MR) is 84.3 cm³/mol. The lowest BCUT2D eigenvalue weighted by atomic mass is 10.1. The molecule has 1 aromatic carbocycles. The van der Waals surface area contributed by atoms with Gasteiger partial charge in [0.1, 0.15) is 6.61 Å². The van der Waals surface area contributed by atoms with E-state index in [9.17, 15) is 24.5 Å². The Labute approximate surface area is 143 Å². The minimum Gasteiger partial charge on any atom is -0.465 e. The fraction of sp³-hybridized carbons (Fsp3) is 0.400. The van der Waals surface area contributed by atoms with Gasteiger partial charge in [-0.3, -0.25) is 14.9 Å². The van der Waals surface area contributed by atoms with E-state index in [0.717, 1.165) is 19.2 Å². The number of esters is 1. The largest absolute Gasteiger partial charge is 0.465 e. The van der Waals surface area contributed by atoms with Crippen molar-refractivity contribution in [3.05, 3.63) is 39.4 Å². The molecule has 2 amide bonds. The first kappa shape index (κ1) is 18.2. The Morgan fingerprint density at radius 2 is 2.04 bits per heavy atom. The molecule has 134 valence electrons. The lowest BCUT2D eigenvalue weighted by molar-refractivity contribution is -0.384. The van der Waals surface area contributed by atoms with Crippen molar-refractivity contribution < 1.29 is 28.8 Å². The van der Waals surface area contributed by atoms with Gasteiger partial charge in [0.15, 0.2) is 0 Å². The van der Waals surface area contributed by atoms with E-state index in [-0.39, 0.29) is 29.9 Å². The predicted octanol–water partition coefficient (Wildman–Crippen LogP) is 0.906. The van der Waals surface area contributed by atoms with E-state index in [0.29, 0.717) is 13.2 Å². The third-order valence-corrected chi connectivity index (χ3v) is 3.69. The lowest BCUT2D eigenvalue weighted by Crippen LogP contribution is -2.36. The van der Waals surface area contributed by atoms with Crippen LogP contribution in [0.4, 0.5) is 10.5 Å². The van der Waals surface area contributed by atoms with Crippen LogP contribution in [0.25, 0.3) is 0 Å². The molecule has 0 N–H and O–H groups in total. The van der Waals surface area contributed by atoms with Crippen LogP contribution < -0.4 is 0 Å². The first-order valence-corrected chi connectivity index (χ1v) is 7.38. The molecule has 0 radical (unpaired) electrons. The summed E-state index contributed by atoms with van der Waals surface area (Å²) in [5.74, 6) is -1.29. The van der Waals surface area contributed by atoms with E-state index in [1.54, 1.807) is 0 Å². The molecule has 25 heavy (non-hydrogen) atoms. The monoisotopic (exact) mass is 351 g/mol. The van der Waals surface area contributed by atoms with Gasteiger partial charge in [-0.15, -0.1) is 0 Å². The van der Waals surface area contributed by atoms with Crippen molar-refractivity contribution in [1.82, 2.24) is 9.80 Å². The molecule has 0 unspecified atom stereocenters. The van der Waals surface area contributed by atoms with Crippen LogP contribution in [0.15, 0.2) is 18.2 Å². The number of non-ortho nitro benzene ring substituents is 1. The fourth-order valence-corrected chi connectivity index (χ4v) is 2.30. The van der Waals surface area contributed by atoms with Gasteiger partial charge < -0.3 is 19.3 Å². The van der Waals surface area contributed by atoms with Gasteiger partial charge in [0.25, 0.3) is 11.6 Å². The number of ether oxygens (including phenoxy) is 2. The first-order chi connectivity index (χ1) is 11.8. The van der Waals surface area contributed by atoms with Crippen LogP contribution in [0.5, 0.6) is 0 Å². The molecule has 1 heterocycles. The van der Waals surface area contributed by atoms with Crippen LogP contribution in [0.3, 0.4) is 0 Å². The number of carbonyl (C=O) groups excluding carboxylic acids is 3. The highest BCUT2D eigenvalue weighted by atomic mass is 16.6. The molecule has 10 heteroatoms. The molecule has 1 aliphatic heterocycles. The SMILES string of the molecule is COC(=O)c1cc(C(=O)N(C)CCN2CCOC2=O)cc([N+](=O)[O-])c1. The van der Waals surface area contributed by atoms with Crippen LogP contribution in [-0.4, -0.2) is 73.1 Å². The number of likely N-dealkylation sites (N-methyl/N-ethyl adjacent to an activating group) is 1. The van der Waals surface area contributed by atoms with Gasteiger partial charge in [-0.2, -0.15) is 0 Å². The Balaban J connectivity index is 2.16. The zero-order valence-electron chi connectivity index (χ0n) is 13.8. The fourth-order valence-electron chi connectivity index (χ4n) is 2.30. The minimum atomic E-state index is -0.778. The molecular weight excluding hydrogens is 334 g/mol. The van der Waals surface area contributed by atoms with Crippen LogP contribution in [0, 0.1) is 10.1 Å². The topological polar surface area (TPSA) is 119 Å². The van der Waals surface area contributed by atoms with Crippen molar-refractivity contribution in [3.63, 3.8) is 0 Å². The number of hydrogen-bond acceptors (Lipinski definition) is 7. The average Bonchev–Trinajstić information content (AvgIpc) is 3.02. The highest BCUT2D eigenvalue weighted by Gasteiger charge is 2.24. The smallest absolute Gasteiger partial charge is 0.409 e. The van der Waals surface area contributed by atoms with Gasteiger partial charge in [-0.25, -0.2) is 9.59 Å². The molecule has 1 aliphatic rings. The molecule has 0 aromatic heterocycles. The average molecular weight is 351 g/mol. The molecule has 1 saturated heterocycles. The van der Waals surface area contributed by atoms with Gasteiger partial charge in [0.05, 0.1) is 24.1 Å². The van der Waals surface area contributed by atoms with E-state index in [1.807, 2.05) is 0 Å². The number of nitro groups is 1. The number of amides is 2. The number of nitro benzene ring substituents is 1. The summed E-state index contributed by atoms with van der Waals surface area (Å²) >= 11 is 0. The van der Waals surface area contributed by atoms with Crippen LogP contribution >= 0.6 is 0 Å². The summed E-state index contributed by atoms with van der Waals surface area (Å²) in [7, 11) is 2.64. The summed E-state index contributed by atoms with van der Waals surface area (Å²) in [6.07, 6.45) is -0.441. The summed E-state index contributed by atoms with van der Waals surface area (Å²) in [5.41, 5.74) is -0.486. The first-order valence-electron chi connectivity index (χ1n) is 7.38. The number of rotatable bonds is 6. The van der Waals surface area contributed by atoms with Crippen molar-refractivity contribution in [2.24, 2.45) is 0 Å².